The van der Waals surface area contributed by atoms with Gasteiger partial charge in [-0.05, 0) is 42.0 Å². The SMILES string of the molecule is CCCCCC(C)n1nnnc1-c1cc(N)ccc1F. The number of tetrazole rings is 1. The van der Waals surface area contributed by atoms with Crippen LogP contribution in [-0.2, 0) is 0 Å². The molecule has 1 aromatic carbocycles. The van der Waals surface area contributed by atoms with Crippen LogP contribution in [0.25, 0.3) is 11.4 Å². The van der Waals surface area contributed by atoms with Crippen LogP contribution in [0.5, 0.6) is 0 Å². The van der Waals surface area contributed by atoms with Crippen molar-refractivity contribution in [1.29, 1.82) is 0 Å². The normalized spacial score (nSPS) is 12.6. The van der Waals surface area contributed by atoms with E-state index in [4.69, 9.17) is 5.73 Å². The number of anilines is 1. The van der Waals surface area contributed by atoms with Crippen LogP contribution in [0.4, 0.5) is 10.1 Å². The maximum atomic E-state index is 13.9. The smallest absolute Gasteiger partial charge is 0.185 e. The molecule has 20 heavy (non-hydrogen) atoms. The second-order valence-corrected chi connectivity index (χ2v) is 5.03. The molecule has 0 spiro atoms. The van der Waals surface area contributed by atoms with Crippen molar-refractivity contribution in [1.82, 2.24) is 20.2 Å². The van der Waals surface area contributed by atoms with Gasteiger partial charge < -0.3 is 5.73 Å². The van der Waals surface area contributed by atoms with E-state index in [0.717, 1.165) is 12.8 Å². The Kier molecular flexibility index (Phi) is 4.65. The zero-order chi connectivity index (χ0) is 14.5. The fourth-order valence-electron chi connectivity index (χ4n) is 2.19. The highest BCUT2D eigenvalue weighted by Gasteiger charge is 2.17. The van der Waals surface area contributed by atoms with Gasteiger partial charge in [-0.3, -0.25) is 0 Å². The quantitative estimate of drug-likeness (QED) is 0.650. The Bertz CT molecular complexity index is 566. The van der Waals surface area contributed by atoms with E-state index in [1.165, 1.54) is 25.0 Å². The van der Waals surface area contributed by atoms with Crippen LogP contribution in [0.2, 0.25) is 0 Å². The van der Waals surface area contributed by atoms with Gasteiger partial charge in [-0.15, -0.1) is 5.10 Å². The van der Waals surface area contributed by atoms with Gasteiger partial charge in [0.15, 0.2) is 5.82 Å². The van der Waals surface area contributed by atoms with E-state index in [2.05, 4.69) is 22.4 Å². The lowest BCUT2D eigenvalue weighted by molar-refractivity contribution is 0.431. The van der Waals surface area contributed by atoms with E-state index in [9.17, 15) is 4.39 Å². The fraction of sp³-hybridized carbons (Fsp3) is 0.500. The number of rotatable bonds is 6. The summed E-state index contributed by atoms with van der Waals surface area (Å²) in [5, 5.41) is 11.6. The van der Waals surface area contributed by atoms with Crippen LogP contribution in [-0.4, -0.2) is 20.2 Å². The van der Waals surface area contributed by atoms with Crippen LogP contribution in [0.1, 0.15) is 45.6 Å². The number of nitrogens with two attached hydrogens (primary N) is 1. The average molecular weight is 277 g/mol. The van der Waals surface area contributed by atoms with Crippen molar-refractivity contribution in [3.63, 3.8) is 0 Å². The minimum Gasteiger partial charge on any atom is -0.399 e. The van der Waals surface area contributed by atoms with Gasteiger partial charge in [0.2, 0.25) is 0 Å². The summed E-state index contributed by atoms with van der Waals surface area (Å²) >= 11 is 0. The lowest BCUT2D eigenvalue weighted by Crippen LogP contribution is -2.10. The molecule has 0 saturated heterocycles. The molecule has 0 aliphatic heterocycles. The molecule has 2 aromatic rings. The van der Waals surface area contributed by atoms with Gasteiger partial charge in [0.25, 0.3) is 0 Å². The van der Waals surface area contributed by atoms with Crippen LogP contribution in [0, 0.1) is 5.82 Å². The van der Waals surface area contributed by atoms with Gasteiger partial charge in [-0.1, -0.05) is 26.2 Å². The highest BCUT2D eigenvalue weighted by atomic mass is 19.1. The van der Waals surface area contributed by atoms with E-state index in [-0.39, 0.29) is 11.9 Å². The summed E-state index contributed by atoms with van der Waals surface area (Å²) in [6.07, 6.45) is 4.42. The molecule has 1 atom stereocenters. The molecule has 108 valence electrons. The largest absolute Gasteiger partial charge is 0.399 e. The van der Waals surface area contributed by atoms with Crippen molar-refractivity contribution in [3.8, 4) is 11.4 Å². The summed E-state index contributed by atoms with van der Waals surface area (Å²) in [5.74, 6) is 0.0646. The third kappa shape index (κ3) is 3.12. The van der Waals surface area contributed by atoms with Gasteiger partial charge >= 0.3 is 0 Å². The maximum Gasteiger partial charge on any atom is 0.185 e. The molecule has 0 aliphatic rings. The molecule has 0 radical (unpaired) electrons. The molecule has 0 bridgehead atoms. The molecule has 1 aromatic heterocycles. The third-order valence-electron chi connectivity index (χ3n) is 3.37. The molecule has 0 amide bonds. The molecule has 2 rings (SSSR count). The van der Waals surface area contributed by atoms with Gasteiger partial charge in [-0.2, -0.15) is 0 Å². The Labute approximate surface area is 118 Å². The molecule has 0 fully saturated rings. The third-order valence-corrected chi connectivity index (χ3v) is 3.37. The average Bonchev–Trinajstić information content (AvgIpc) is 2.91. The number of nitrogens with zero attached hydrogens (tertiary/aromatic N) is 4. The number of hydrogen-bond donors (Lipinski definition) is 1. The van der Waals surface area contributed by atoms with Gasteiger partial charge in [-0.25, -0.2) is 9.07 Å². The van der Waals surface area contributed by atoms with E-state index < -0.39 is 0 Å². The molecule has 0 aliphatic carbocycles. The van der Waals surface area contributed by atoms with Crippen LogP contribution >= 0.6 is 0 Å². The first-order valence-electron chi connectivity index (χ1n) is 6.96. The van der Waals surface area contributed by atoms with E-state index in [1.807, 2.05) is 6.92 Å². The zero-order valence-corrected chi connectivity index (χ0v) is 11.9. The number of halogens is 1. The van der Waals surface area contributed by atoms with E-state index >= 15 is 0 Å². The first kappa shape index (κ1) is 14.4. The Balaban J connectivity index is 2.26. The van der Waals surface area contributed by atoms with Gasteiger partial charge in [0.05, 0.1) is 11.6 Å². The van der Waals surface area contributed by atoms with Crippen molar-refractivity contribution in [2.75, 3.05) is 5.73 Å². The van der Waals surface area contributed by atoms with Crippen molar-refractivity contribution < 1.29 is 4.39 Å². The second kappa shape index (κ2) is 6.45. The van der Waals surface area contributed by atoms with Gasteiger partial charge in [0.1, 0.15) is 5.82 Å². The molecule has 1 unspecified atom stereocenters. The van der Waals surface area contributed by atoms with Crippen LogP contribution in [0.3, 0.4) is 0 Å². The lowest BCUT2D eigenvalue weighted by atomic mass is 10.1. The summed E-state index contributed by atoms with van der Waals surface area (Å²) in [4.78, 5) is 0. The fourth-order valence-corrected chi connectivity index (χ4v) is 2.19. The molecule has 0 saturated carbocycles. The Morgan fingerprint density at radius 2 is 2.15 bits per heavy atom. The van der Waals surface area contributed by atoms with E-state index in [0.29, 0.717) is 17.1 Å². The Morgan fingerprint density at radius 1 is 1.35 bits per heavy atom. The molecule has 5 nitrogen and oxygen atoms in total. The molecule has 6 heteroatoms. The van der Waals surface area contributed by atoms with Crippen molar-refractivity contribution >= 4 is 5.69 Å². The summed E-state index contributed by atoms with van der Waals surface area (Å²) in [7, 11) is 0. The lowest BCUT2D eigenvalue weighted by Gasteiger charge is -2.13. The Morgan fingerprint density at radius 3 is 2.90 bits per heavy atom. The number of hydrogen-bond acceptors (Lipinski definition) is 4. The number of benzene rings is 1. The first-order chi connectivity index (χ1) is 9.63. The number of aromatic nitrogens is 4. The summed E-state index contributed by atoms with van der Waals surface area (Å²) in [6, 6.07) is 4.56. The second-order valence-electron chi connectivity index (χ2n) is 5.03. The number of nitrogen functional groups attached to an aromatic ring is 1. The number of unbranched alkanes of at least 4 members (excludes halogenated alkanes) is 2. The van der Waals surface area contributed by atoms with Crippen molar-refractivity contribution in [3.05, 3.63) is 24.0 Å². The van der Waals surface area contributed by atoms with Crippen molar-refractivity contribution in [2.45, 2.75) is 45.6 Å². The molecule has 1 heterocycles. The molecular weight excluding hydrogens is 257 g/mol. The highest BCUT2D eigenvalue weighted by Crippen LogP contribution is 2.26. The monoisotopic (exact) mass is 277 g/mol. The minimum atomic E-state index is -0.365. The minimum absolute atomic E-state index is 0.132. The molecule has 2 N–H and O–H groups in total. The van der Waals surface area contributed by atoms with Gasteiger partial charge in [0, 0.05) is 5.69 Å². The highest BCUT2D eigenvalue weighted by molar-refractivity contribution is 5.61. The van der Waals surface area contributed by atoms with Crippen LogP contribution in [0.15, 0.2) is 18.2 Å². The predicted octanol–water partition coefficient (Wildman–Crippen LogP) is 3.20. The first-order valence-corrected chi connectivity index (χ1v) is 6.96. The summed E-state index contributed by atoms with van der Waals surface area (Å²) in [6.45, 7) is 4.20. The Hall–Kier alpha value is -1.98. The standard InChI is InChI=1S/C14H20FN5/c1-3-4-5-6-10(2)20-14(17-18-19-20)12-9-11(16)7-8-13(12)15/h7-10H,3-6,16H2,1-2H3. The predicted molar refractivity (Wildman–Crippen MR) is 76.5 cm³/mol. The topological polar surface area (TPSA) is 69.6 Å². The summed E-state index contributed by atoms with van der Waals surface area (Å²) in [5.41, 5.74) is 6.55. The van der Waals surface area contributed by atoms with E-state index in [1.54, 1.807) is 10.7 Å². The van der Waals surface area contributed by atoms with Crippen LogP contribution < -0.4 is 5.73 Å². The van der Waals surface area contributed by atoms with Crippen molar-refractivity contribution in [2.24, 2.45) is 0 Å². The summed E-state index contributed by atoms with van der Waals surface area (Å²) < 4.78 is 15.6. The molecular formula is C14H20FN5. The maximum absolute atomic E-state index is 13.9. The zero-order valence-electron chi connectivity index (χ0n) is 11.9.